The number of benzene rings is 1. The first kappa shape index (κ1) is 14.3. The van der Waals surface area contributed by atoms with Crippen LogP contribution in [0.2, 0.25) is 0 Å². The second kappa shape index (κ2) is 5.09. The van der Waals surface area contributed by atoms with Crippen molar-refractivity contribution in [3.63, 3.8) is 0 Å². The Kier molecular flexibility index (Phi) is 3.63. The first-order valence-corrected chi connectivity index (χ1v) is 5.90. The van der Waals surface area contributed by atoms with Gasteiger partial charge in [-0.1, -0.05) is 12.2 Å². The molecule has 0 amide bonds. The van der Waals surface area contributed by atoms with Crippen molar-refractivity contribution >= 4 is 17.2 Å². The Bertz CT molecular complexity index is 771. The maximum atomic E-state index is 13.8. The highest BCUT2D eigenvalue weighted by Crippen LogP contribution is 2.20. The fourth-order valence-corrected chi connectivity index (χ4v) is 1.93. The molecule has 3 nitrogen and oxygen atoms in total. The van der Waals surface area contributed by atoms with Crippen LogP contribution in [0, 0.1) is 24.4 Å². The van der Waals surface area contributed by atoms with E-state index < -0.39 is 22.9 Å². The molecule has 0 radical (unpaired) electrons. The second-order valence-corrected chi connectivity index (χ2v) is 4.56. The van der Waals surface area contributed by atoms with Crippen molar-refractivity contribution in [3.05, 3.63) is 63.3 Å². The molecule has 0 atom stereocenters. The van der Waals surface area contributed by atoms with E-state index in [0.29, 0.717) is 5.69 Å². The molecule has 2 aromatic rings. The lowest BCUT2D eigenvalue weighted by Gasteiger charge is -2.13. The van der Waals surface area contributed by atoms with Gasteiger partial charge in [0, 0.05) is 18.0 Å². The first-order valence-electron chi connectivity index (χ1n) is 5.50. The number of aromatic nitrogens is 1. The smallest absolute Gasteiger partial charge is 0.196 e. The molecule has 0 aliphatic rings. The van der Waals surface area contributed by atoms with Crippen LogP contribution in [-0.2, 0) is 0 Å². The quantitative estimate of drug-likeness (QED) is 0.683. The zero-order chi connectivity index (χ0) is 15.0. The van der Waals surface area contributed by atoms with Gasteiger partial charge in [-0.05, 0) is 19.1 Å². The fourth-order valence-electron chi connectivity index (χ4n) is 1.78. The normalized spacial score (nSPS) is 10.6. The van der Waals surface area contributed by atoms with E-state index in [1.54, 1.807) is 0 Å². The van der Waals surface area contributed by atoms with Gasteiger partial charge in [-0.25, -0.2) is 13.2 Å². The summed E-state index contributed by atoms with van der Waals surface area (Å²) in [6.07, 6.45) is 1.20. The zero-order valence-electron chi connectivity index (χ0n) is 10.3. The molecular formula is C13H9F3N2OS. The average molecular weight is 298 g/mol. The number of nitrogens with zero attached hydrogens (tertiary/aromatic N) is 1. The molecule has 2 rings (SSSR count). The third-order valence-electron chi connectivity index (χ3n) is 2.78. The van der Waals surface area contributed by atoms with Gasteiger partial charge in [0.2, 0.25) is 0 Å². The van der Waals surface area contributed by atoms with Crippen molar-refractivity contribution in [2.24, 2.45) is 5.73 Å². The topological polar surface area (TPSA) is 48.0 Å². The molecule has 0 fully saturated rings. The maximum Gasteiger partial charge on any atom is 0.196 e. The summed E-state index contributed by atoms with van der Waals surface area (Å²) in [7, 11) is 0. The van der Waals surface area contributed by atoms with Crippen LogP contribution in [0.5, 0.6) is 0 Å². The number of thiocarbonyl (C=S) groups is 1. The first-order chi connectivity index (χ1) is 9.32. The Labute approximate surface area is 117 Å². The van der Waals surface area contributed by atoms with Crippen molar-refractivity contribution in [2.45, 2.75) is 6.92 Å². The van der Waals surface area contributed by atoms with Gasteiger partial charge in [0.25, 0.3) is 0 Å². The summed E-state index contributed by atoms with van der Waals surface area (Å²) in [5.74, 6) is -4.23. The summed E-state index contributed by atoms with van der Waals surface area (Å²) < 4.78 is 41.2. The summed E-state index contributed by atoms with van der Waals surface area (Å²) in [6.45, 7) is 1.52. The number of rotatable bonds is 2. The third kappa shape index (κ3) is 2.32. The van der Waals surface area contributed by atoms with E-state index in [0.717, 1.165) is 12.1 Å². The zero-order valence-corrected chi connectivity index (χ0v) is 11.1. The van der Waals surface area contributed by atoms with Crippen molar-refractivity contribution in [1.29, 1.82) is 0 Å². The summed E-state index contributed by atoms with van der Waals surface area (Å²) in [5.41, 5.74) is 5.06. The lowest BCUT2D eigenvalue weighted by Crippen LogP contribution is -2.23. The summed E-state index contributed by atoms with van der Waals surface area (Å²) >= 11 is 4.72. The van der Waals surface area contributed by atoms with Crippen molar-refractivity contribution in [2.75, 3.05) is 0 Å². The number of hydrogen-bond acceptors (Lipinski definition) is 2. The fraction of sp³-hybridized carbons (Fsp3) is 0.0769. The molecule has 1 heterocycles. The summed E-state index contributed by atoms with van der Waals surface area (Å²) in [5, 5.41) is 0. The van der Waals surface area contributed by atoms with E-state index in [1.807, 2.05) is 0 Å². The van der Waals surface area contributed by atoms with Crippen molar-refractivity contribution in [1.82, 2.24) is 4.57 Å². The number of hydrogen-bond donors (Lipinski definition) is 1. The summed E-state index contributed by atoms with van der Waals surface area (Å²) in [6, 6.07) is 3.05. The molecule has 20 heavy (non-hydrogen) atoms. The van der Waals surface area contributed by atoms with Crippen LogP contribution < -0.4 is 11.2 Å². The molecule has 0 spiro atoms. The Morgan fingerprint density at radius 3 is 2.50 bits per heavy atom. The van der Waals surface area contributed by atoms with Crippen molar-refractivity contribution < 1.29 is 13.2 Å². The molecule has 0 bridgehead atoms. The largest absolute Gasteiger partial charge is 0.389 e. The van der Waals surface area contributed by atoms with Gasteiger partial charge in [-0.3, -0.25) is 4.79 Å². The maximum absolute atomic E-state index is 13.8. The number of nitrogens with two attached hydrogens (primary N) is 1. The highest BCUT2D eigenvalue weighted by Gasteiger charge is 2.16. The molecular weight excluding hydrogens is 289 g/mol. The average Bonchev–Trinajstić information content (AvgIpc) is 2.37. The SMILES string of the molecule is Cc1cc(=O)c(C(N)=S)cn1-c1ccc(F)c(F)c1F. The van der Waals surface area contributed by atoms with E-state index in [4.69, 9.17) is 18.0 Å². The predicted octanol–water partition coefficient (Wildman–Crippen LogP) is 2.20. The van der Waals surface area contributed by atoms with Crippen LogP contribution in [0.15, 0.2) is 29.2 Å². The monoisotopic (exact) mass is 298 g/mol. The standard InChI is InChI=1S/C13H9F3N2OS/c1-6-4-10(19)7(13(17)20)5-18(6)9-3-2-8(14)11(15)12(9)16/h2-5H,1H3,(H2,17,20). The summed E-state index contributed by atoms with van der Waals surface area (Å²) in [4.78, 5) is 11.5. The van der Waals surface area contributed by atoms with Crippen LogP contribution in [0.3, 0.4) is 0 Å². The molecule has 0 saturated carbocycles. The second-order valence-electron chi connectivity index (χ2n) is 4.12. The van der Waals surface area contributed by atoms with E-state index in [1.165, 1.54) is 23.8 Å². The van der Waals surface area contributed by atoms with Crippen LogP contribution in [0.1, 0.15) is 11.3 Å². The van der Waals surface area contributed by atoms with Crippen molar-refractivity contribution in [3.8, 4) is 5.69 Å². The lowest BCUT2D eigenvalue weighted by atomic mass is 10.2. The Balaban J connectivity index is 2.77. The molecule has 7 heteroatoms. The predicted molar refractivity (Wildman–Crippen MR) is 72.5 cm³/mol. The molecule has 2 N–H and O–H groups in total. The molecule has 0 unspecified atom stereocenters. The van der Waals surface area contributed by atoms with Crippen LogP contribution in [-0.4, -0.2) is 9.56 Å². The molecule has 1 aromatic carbocycles. The Morgan fingerprint density at radius 2 is 1.90 bits per heavy atom. The Hall–Kier alpha value is -2.15. The number of aryl methyl sites for hydroxylation is 1. The van der Waals surface area contributed by atoms with Gasteiger partial charge in [0.15, 0.2) is 22.9 Å². The molecule has 0 aliphatic carbocycles. The van der Waals surface area contributed by atoms with Gasteiger partial charge >= 0.3 is 0 Å². The van der Waals surface area contributed by atoms with Gasteiger partial charge in [0.05, 0.1) is 11.3 Å². The minimum absolute atomic E-state index is 0.00488. The van der Waals surface area contributed by atoms with Gasteiger partial charge in [-0.2, -0.15) is 0 Å². The van der Waals surface area contributed by atoms with Crippen LogP contribution in [0.4, 0.5) is 13.2 Å². The van der Waals surface area contributed by atoms with E-state index in [9.17, 15) is 18.0 Å². The van der Waals surface area contributed by atoms with E-state index in [-0.39, 0.29) is 16.2 Å². The highest BCUT2D eigenvalue weighted by atomic mass is 32.1. The van der Waals surface area contributed by atoms with Crippen LogP contribution in [0.25, 0.3) is 5.69 Å². The minimum atomic E-state index is -1.59. The molecule has 1 aromatic heterocycles. The minimum Gasteiger partial charge on any atom is -0.389 e. The number of halogens is 3. The van der Waals surface area contributed by atoms with Gasteiger partial charge < -0.3 is 10.3 Å². The van der Waals surface area contributed by atoms with Gasteiger partial charge in [0.1, 0.15) is 4.99 Å². The van der Waals surface area contributed by atoms with Gasteiger partial charge in [-0.15, -0.1) is 0 Å². The van der Waals surface area contributed by atoms with E-state index >= 15 is 0 Å². The molecule has 0 saturated heterocycles. The molecule has 0 aliphatic heterocycles. The third-order valence-corrected chi connectivity index (χ3v) is 3.00. The lowest BCUT2D eigenvalue weighted by molar-refractivity contribution is 0.444. The highest BCUT2D eigenvalue weighted by molar-refractivity contribution is 7.80. The van der Waals surface area contributed by atoms with Crippen LogP contribution >= 0.6 is 12.2 Å². The Morgan fingerprint density at radius 1 is 1.25 bits per heavy atom. The van der Waals surface area contributed by atoms with E-state index in [2.05, 4.69) is 0 Å². The molecule has 104 valence electrons. The number of pyridine rings is 1.